The summed E-state index contributed by atoms with van der Waals surface area (Å²) in [5.41, 5.74) is 7.95. The van der Waals surface area contributed by atoms with Gasteiger partial charge >= 0.3 is 0 Å². The van der Waals surface area contributed by atoms with Gasteiger partial charge < -0.3 is 19.7 Å². The van der Waals surface area contributed by atoms with Crippen LogP contribution < -0.4 is 9.80 Å². The zero-order valence-corrected chi connectivity index (χ0v) is 18.5. The van der Waals surface area contributed by atoms with Gasteiger partial charge in [0.05, 0.1) is 26.2 Å². The van der Waals surface area contributed by atoms with E-state index in [4.69, 9.17) is 4.84 Å². The molecular formula is C27H30N3O2+. The van der Waals surface area contributed by atoms with Gasteiger partial charge in [-0.2, -0.15) is 0 Å². The summed E-state index contributed by atoms with van der Waals surface area (Å²) in [6, 6.07) is 25.2. The number of rotatable bonds is 6. The van der Waals surface area contributed by atoms with Crippen molar-refractivity contribution in [2.75, 3.05) is 44.2 Å². The minimum atomic E-state index is -0.535. The van der Waals surface area contributed by atoms with Crippen LogP contribution in [-0.2, 0) is 4.84 Å². The van der Waals surface area contributed by atoms with Crippen LogP contribution in [0.25, 0.3) is 11.1 Å². The predicted octanol–water partition coefficient (Wildman–Crippen LogP) is 2.51. The smallest absolute Gasteiger partial charge is 0.148 e. The Labute approximate surface area is 189 Å². The third kappa shape index (κ3) is 4.27. The second kappa shape index (κ2) is 9.15. The highest BCUT2D eigenvalue weighted by Crippen LogP contribution is 2.36. The quantitative estimate of drug-likeness (QED) is 0.464. The lowest BCUT2D eigenvalue weighted by atomic mass is 10.1. The van der Waals surface area contributed by atoms with E-state index in [0.29, 0.717) is 6.54 Å². The molecule has 5 nitrogen and oxygen atoms in total. The minimum absolute atomic E-state index is 0.207. The SMILES string of the molecule is Cc1ccc(N2CC[NH+](C[C@@H](O)CON=C3c4ccccc4-c4ccccc43)CC2)cc1. The number of oxime groups is 1. The molecule has 164 valence electrons. The summed E-state index contributed by atoms with van der Waals surface area (Å²) >= 11 is 0. The van der Waals surface area contributed by atoms with Gasteiger partial charge in [0.1, 0.15) is 25.0 Å². The van der Waals surface area contributed by atoms with E-state index in [9.17, 15) is 5.11 Å². The molecule has 0 spiro atoms. The summed E-state index contributed by atoms with van der Waals surface area (Å²) in [5.74, 6) is 0. The summed E-state index contributed by atoms with van der Waals surface area (Å²) < 4.78 is 0. The topological polar surface area (TPSA) is 49.5 Å². The van der Waals surface area contributed by atoms with Crippen LogP contribution in [0, 0.1) is 6.92 Å². The number of hydrogen-bond donors (Lipinski definition) is 2. The lowest BCUT2D eigenvalue weighted by Gasteiger charge is -2.34. The molecule has 5 heteroatoms. The first-order chi connectivity index (χ1) is 15.7. The van der Waals surface area contributed by atoms with Crippen LogP contribution in [0.1, 0.15) is 16.7 Å². The van der Waals surface area contributed by atoms with Gasteiger partial charge in [-0.05, 0) is 30.2 Å². The van der Waals surface area contributed by atoms with Crippen LogP contribution in [0.4, 0.5) is 5.69 Å². The molecule has 0 radical (unpaired) electrons. The van der Waals surface area contributed by atoms with Crippen molar-refractivity contribution in [3.05, 3.63) is 89.5 Å². The Kier molecular flexibility index (Phi) is 5.93. The van der Waals surface area contributed by atoms with Gasteiger partial charge in [0, 0.05) is 16.8 Å². The third-order valence-corrected chi connectivity index (χ3v) is 6.47. The summed E-state index contributed by atoms with van der Waals surface area (Å²) in [6.07, 6.45) is -0.535. The second-order valence-electron chi connectivity index (χ2n) is 8.76. The largest absolute Gasteiger partial charge is 0.392 e. The number of nitrogens with one attached hydrogen (secondary N) is 1. The number of anilines is 1. The molecule has 0 saturated carbocycles. The number of quaternary nitrogens is 1. The van der Waals surface area contributed by atoms with Crippen molar-refractivity contribution in [2.45, 2.75) is 13.0 Å². The van der Waals surface area contributed by atoms with Crippen molar-refractivity contribution in [2.24, 2.45) is 5.16 Å². The first kappa shape index (κ1) is 20.7. The van der Waals surface area contributed by atoms with Gasteiger partial charge in [0.15, 0.2) is 0 Å². The van der Waals surface area contributed by atoms with E-state index < -0.39 is 6.10 Å². The Hall–Kier alpha value is -3.15. The van der Waals surface area contributed by atoms with Gasteiger partial charge in [-0.15, -0.1) is 0 Å². The van der Waals surface area contributed by atoms with Crippen molar-refractivity contribution >= 4 is 11.4 Å². The van der Waals surface area contributed by atoms with Crippen LogP contribution in [0.2, 0.25) is 0 Å². The predicted molar refractivity (Wildman–Crippen MR) is 128 cm³/mol. The molecule has 3 aromatic rings. The highest BCUT2D eigenvalue weighted by atomic mass is 16.6. The Morgan fingerprint density at radius 1 is 0.875 bits per heavy atom. The third-order valence-electron chi connectivity index (χ3n) is 6.47. The molecule has 2 N–H and O–H groups in total. The number of benzene rings is 3. The molecule has 32 heavy (non-hydrogen) atoms. The van der Waals surface area contributed by atoms with Crippen LogP contribution in [0.3, 0.4) is 0 Å². The maximum Gasteiger partial charge on any atom is 0.148 e. The Balaban J connectivity index is 1.15. The van der Waals surface area contributed by atoms with Crippen LogP contribution in [0.15, 0.2) is 78.0 Å². The Bertz CT molecular complexity index is 1050. The number of hydrogen-bond acceptors (Lipinski definition) is 4. The molecule has 0 bridgehead atoms. The molecule has 0 aromatic heterocycles. The van der Waals surface area contributed by atoms with Crippen molar-refractivity contribution in [3.8, 4) is 11.1 Å². The molecule has 1 saturated heterocycles. The van der Waals surface area contributed by atoms with E-state index in [1.54, 1.807) is 0 Å². The van der Waals surface area contributed by atoms with Crippen molar-refractivity contribution in [1.29, 1.82) is 0 Å². The molecule has 1 aliphatic carbocycles. The first-order valence-corrected chi connectivity index (χ1v) is 11.4. The Morgan fingerprint density at radius 3 is 2.03 bits per heavy atom. The molecule has 3 aromatic carbocycles. The van der Waals surface area contributed by atoms with Gasteiger partial charge in [-0.3, -0.25) is 0 Å². The summed E-state index contributed by atoms with van der Waals surface area (Å²) in [6.45, 7) is 7.03. The van der Waals surface area contributed by atoms with E-state index in [0.717, 1.165) is 43.0 Å². The van der Waals surface area contributed by atoms with Gasteiger partial charge in [-0.25, -0.2) is 0 Å². The normalized spacial score (nSPS) is 16.4. The van der Waals surface area contributed by atoms with Gasteiger partial charge in [0.2, 0.25) is 0 Å². The molecule has 1 aliphatic heterocycles. The summed E-state index contributed by atoms with van der Waals surface area (Å²) in [7, 11) is 0. The second-order valence-corrected chi connectivity index (χ2v) is 8.76. The maximum atomic E-state index is 10.6. The standard InChI is InChI=1S/C27H29N3O2/c1-20-10-12-21(13-11-20)30-16-14-29(15-17-30)18-22(31)19-32-28-27-25-8-4-2-6-23(25)24-7-3-5-9-26(24)27/h2-13,22,31H,14-19H2,1H3/p+1/t22-/m1/s1. The number of aliphatic hydroxyl groups is 1. The minimum Gasteiger partial charge on any atom is -0.392 e. The maximum absolute atomic E-state index is 10.6. The summed E-state index contributed by atoms with van der Waals surface area (Å²) in [5, 5.41) is 15.0. The number of fused-ring (bicyclic) bond motifs is 3. The Morgan fingerprint density at radius 2 is 1.44 bits per heavy atom. The van der Waals surface area contributed by atoms with Crippen molar-refractivity contribution < 1.29 is 14.8 Å². The highest BCUT2D eigenvalue weighted by molar-refractivity contribution is 6.24. The lowest BCUT2D eigenvalue weighted by Crippen LogP contribution is -3.16. The average Bonchev–Trinajstić information content (AvgIpc) is 3.14. The molecular weight excluding hydrogens is 398 g/mol. The molecule has 1 heterocycles. The lowest BCUT2D eigenvalue weighted by molar-refractivity contribution is -0.903. The van der Waals surface area contributed by atoms with Gasteiger partial charge in [0.25, 0.3) is 0 Å². The van der Waals surface area contributed by atoms with E-state index in [1.165, 1.54) is 27.3 Å². The number of piperazine rings is 1. The fraction of sp³-hybridized carbons (Fsp3) is 0.296. The molecule has 0 unspecified atom stereocenters. The first-order valence-electron chi connectivity index (χ1n) is 11.4. The number of aryl methyl sites for hydroxylation is 1. The zero-order valence-electron chi connectivity index (χ0n) is 18.5. The molecule has 0 amide bonds. The summed E-state index contributed by atoms with van der Waals surface area (Å²) in [4.78, 5) is 9.48. The van der Waals surface area contributed by atoms with Crippen LogP contribution in [0.5, 0.6) is 0 Å². The molecule has 1 atom stereocenters. The number of nitrogens with zero attached hydrogens (tertiary/aromatic N) is 2. The number of aliphatic hydroxyl groups excluding tert-OH is 1. The van der Waals surface area contributed by atoms with Gasteiger partial charge in [-0.1, -0.05) is 71.4 Å². The zero-order chi connectivity index (χ0) is 21.9. The van der Waals surface area contributed by atoms with E-state index in [2.05, 4.69) is 65.5 Å². The van der Waals surface area contributed by atoms with Crippen LogP contribution in [-0.4, -0.2) is 56.3 Å². The van der Waals surface area contributed by atoms with E-state index >= 15 is 0 Å². The van der Waals surface area contributed by atoms with E-state index in [-0.39, 0.29) is 6.61 Å². The fourth-order valence-electron chi connectivity index (χ4n) is 4.71. The molecule has 5 rings (SSSR count). The van der Waals surface area contributed by atoms with E-state index in [1.807, 2.05) is 24.3 Å². The fourth-order valence-corrected chi connectivity index (χ4v) is 4.71. The average molecular weight is 429 g/mol. The monoisotopic (exact) mass is 428 g/mol. The highest BCUT2D eigenvalue weighted by Gasteiger charge is 2.25. The van der Waals surface area contributed by atoms with Crippen LogP contribution >= 0.6 is 0 Å². The van der Waals surface area contributed by atoms with Crippen molar-refractivity contribution in [3.63, 3.8) is 0 Å². The van der Waals surface area contributed by atoms with Crippen molar-refractivity contribution in [1.82, 2.24) is 0 Å². The molecule has 1 fully saturated rings. The molecule has 2 aliphatic rings.